The standard InChI is InChI=1S/C19H19NO3S2.C4H4O4/c21-19(15-3-7-24-11-15,16-4-8-25-12-16)5-6-20-10-14-1-2-17-18(9-14)23-13-22-17;5-3(6)1-2-4(7)8/h1-4,7-9,11-12,20-21H,5-6,10,13H2;1-2H,(H,5,6)(H,7,8)/b;2-1+. The summed E-state index contributed by atoms with van der Waals surface area (Å²) in [5.74, 6) is -1.17. The van der Waals surface area contributed by atoms with Crippen LogP contribution < -0.4 is 19.9 Å². The molecule has 1 aliphatic heterocycles. The van der Waals surface area contributed by atoms with Crippen molar-refractivity contribution in [2.75, 3.05) is 13.3 Å². The number of carboxylic acids is 2. The highest BCUT2D eigenvalue weighted by molar-refractivity contribution is 7.08. The lowest BCUT2D eigenvalue weighted by Crippen LogP contribution is -2.83. The summed E-state index contributed by atoms with van der Waals surface area (Å²) in [7, 11) is 0. The predicted molar refractivity (Wildman–Crippen MR) is 121 cm³/mol. The SMILES string of the molecule is O=C([O-])/C=C/C(=O)O.OC(CC[NH2+]Cc1ccc2c(c1)OCO2)(c1ccsc1)c1ccsc1. The lowest BCUT2D eigenvalue weighted by atomic mass is 9.87. The van der Waals surface area contributed by atoms with Crippen molar-refractivity contribution in [1.82, 2.24) is 0 Å². The van der Waals surface area contributed by atoms with Crippen LogP contribution >= 0.6 is 22.7 Å². The van der Waals surface area contributed by atoms with Crippen molar-refractivity contribution in [3.63, 3.8) is 0 Å². The van der Waals surface area contributed by atoms with E-state index in [1.807, 2.05) is 45.8 Å². The zero-order valence-corrected chi connectivity index (χ0v) is 19.1. The zero-order chi connectivity index (χ0) is 23.7. The number of quaternary nitrogens is 1. The number of thiophene rings is 2. The Hall–Kier alpha value is -3.18. The highest BCUT2D eigenvalue weighted by Crippen LogP contribution is 2.35. The van der Waals surface area contributed by atoms with Crippen molar-refractivity contribution in [3.8, 4) is 11.5 Å². The quantitative estimate of drug-likeness (QED) is 0.305. The van der Waals surface area contributed by atoms with Crippen LogP contribution in [0.25, 0.3) is 0 Å². The molecule has 0 radical (unpaired) electrons. The molecule has 0 bridgehead atoms. The van der Waals surface area contributed by atoms with E-state index in [0.717, 1.165) is 35.7 Å². The number of carboxylic acid groups (broad SMARTS) is 2. The van der Waals surface area contributed by atoms with Gasteiger partial charge >= 0.3 is 5.97 Å². The molecule has 4 N–H and O–H groups in total. The molecule has 3 aromatic rings. The van der Waals surface area contributed by atoms with E-state index in [0.29, 0.717) is 25.4 Å². The molecule has 33 heavy (non-hydrogen) atoms. The molecule has 3 heterocycles. The Balaban J connectivity index is 0.000000331. The lowest BCUT2D eigenvalue weighted by molar-refractivity contribution is -0.672. The van der Waals surface area contributed by atoms with Gasteiger partial charge in [-0.1, -0.05) is 0 Å². The number of nitrogens with two attached hydrogens (primary N) is 1. The lowest BCUT2D eigenvalue weighted by Gasteiger charge is -2.26. The van der Waals surface area contributed by atoms with Gasteiger partial charge in [-0.25, -0.2) is 4.79 Å². The summed E-state index contributed by atoms with van der Waals surface area (Å²) >= 11 is 3.24. The number of carbonyl (C=O) groups excluding carboxylic acids is 1. The Morgan fingerprint density at radius 3 is 2.27 bits per heavy atom. The Morgan fingerprint density at radius 1 is 1.06 bits per heavy atom. The smallest absolute Gasteiger partial charge is 0.328 e. The highest BCUT2D eigenvalue weighted by atomic mass is 32.1. The van der Waals surface area contributed by atoms with Crippen molar-refractivity contribution < 1.29 is 39.7 Å². The molecule has 0 fully saturated rings. The minimum Gasteiger partial charge on any atom is -0.545 e. The van der Waals surface area contributed by atoms with E-state index in [9.17, 15) is 19.8 Å². The molecule has 0 amide bonds. The Morgan fingerprint density at radius 2 is 1.73 bits per heavy atom. The Labute approximate surface area is 198 Å². The number of hydrogen-bond donors (Lipinski definition) is 3. The normalized spacial score (nSPS) is 12.4. The van der Waals surface area contributed by atoms with Gasteiger partial charge in [-0.3, -0.25) is 0 Å². The number of ether oxygens (including phenoxy) is 2. The fourth-order valence-corrected chi connectivity index (χ4v) is 4.69. The first kappa shape index (κ1) is 24.5. The molecule has 0 aliphatic carbocycles. The molecular weight excluding hydrogens is 466 g/mol. The molecule has 0 unspecified atom stereocenters. The first-order chi connectivity index (χ1) is 15.9. The molecule has 174 valence electrons. The van der Waals surface area contributed by atoms with Crippen molar-refractivity contribution in [1.29, 1.82) is 0 Å². The number of hydrogen-bond acceptors (Lipinski definition) is 8. The van der Waals surface area contributed by atoms with Gasteiger partial charge in [0.2, 0.25) is 6.79 Å². The van der Waals surface area contributed by atoms with Crippen LogP contribution in [0.15, 0.2) is 64.0 Å². The van der Waals surface area contributed by atoms with Gasteiger partial charge in [-0.2, -0.15) is 22.7 Å². The van der Waals surface area contributed by atoms with Crippen LogP contribution in [0.1, 0.15) is 23.1 Å². The second-order valence-corrected chi connectivity index (χ2v) is 8.65. The first-order valence-corrected chi connectivity index (χ1v) is 11.9. The fraction of sp³-hybridized carbons (Fsp3) is 0.217. The summed E-state index contributed by atoms with van der Waals surface area (Å²) in [6.07, 6.45) is 1.61. The molecule has 1 aliphatic rings. The minimum atomic E-state index is -1.51. The van der Waals surface area contributed by atoms with Crippen LogP contribution in [0.4, 0.5) is 0 Å². The van der Waals surface area contributed by atoms with E-state index in [2.05, 4.69) is 11.4 Å². The second-order valence-electron chi connectivity index (χ2n) is 7.09. The van der Waals surface area contributed by atoms with Gasteiger partial charge in [0, 0.05) is 18.1 Å². The highest BCUT2D eigenvalue weighted by Gasteiger charge is 2.32. The molecule has 1 aromatic carbocycles. The molecule has 2 aromatic heterocycles. The maximum atomic E-state index is 11.3. The van der Waals surface area contributed by atoms with Crippen LogP contribution in [0.3, 0.4) is 0 Å². The molecule has 10 heteroatoms. The van der Waals surface area contributed by atoms with E-state index >= 15 is 0 Å². The van der Waals surface area contributed by atoms with E-state index < -0.39 is 17.5 Å². The maximum Gasteiger partial charge on any atom is 0.328 e. The van der Waals surface area contributed by atoms with Crippen LogP contribution in [-0.4, -0.2) is 35.5 Å². The summed E-state index contributed by atoms with van der Waals surface area (Å²) in [5.41, 5.74) is 2.24. The minimum absolute atomic E-state index is 0.302. The summed E-state index contributed by atoms with van der Waals surface area (Å²) in [6.45, 7) is 1.98. The summed E-state index contributed by atoms with van der Waals surface area (Å²) in [5, 5.41) is 38.9. The largest absolute Gasteiger partial charge is 0.545 e. The van der Waals surface area contributed by atoms with Crippen molar-refractivity contribution in [2.24, 2.45) is 0 Å². The zero-order valence-electron chi connectivity index (χ0n) is 17.5. The Bertz CT molecular complexity index is 1030. The van der Waals surface area contributed by atoms with E-state index in [1.165, 1.54) is 5.56 Å². The third-order valence-corrected chi connectivity index (χ3v) is 6.25. The molecule has 4 rings (SSSR count). The van der Waals surface area contributed by atoms with Gasteiger partial charge in [0.25, 0.3) is 0 Å². The average molecular weight is 490 g/mol. The molecule has 8 nitrogen and oxygen atoms in total. The van der Waals surface area contributed by atoms with Gasteiger partial charge in [0.1, 0.15) is 12.1 Å². The molecule has 0 saturated carbocycles. The second kappa shape index (κ2) is 11.6. The number of rotatable bonds is 9. The predicted octanol–water partition coefficient (Wildman–Crippen LogP) is 1.31. The summed E-state index contributed by atoms with van der Waals surface area (Å²) in [6, 6.07) is 10.1. The third-order valence-electron chi connectivity index (χ3n) is 4.89. The van der Waals surface area contributed by atoms with Gasteiger partial charge in [-0.15, -0.1) is 0 Å². The van der Waals surface area contributed by atoms with Crippen molar-refractivity contribution >= 4 is 34.6 Å². The van der Waals surface area contributed by atoms with Gasteiger partial charge < -0.3 is 34.9 Å². The van der Waals surface area contributed by atoms with E-state index in [4.69, 9.17) is 14.6 Å². The van der Waals surface area contributed by atoms with E-state index in [1.54, 1.807) is 22.7 Å². The number of fused-ring (bicyclic) bond motifs is 1. The number of aliphatic hydroxyl groups is 1. The topological polar surface area (TPSA) is 133 Å². The maximum absolute atomic E-state index is 11.3. The average Bonchev–Trinajstić information content (AvgIpc) is 3.57. The number of benzene rings is 1. The molecule has 0 atom stereocenters. The van der Waals surface area contributed by atoms with E-state index in [-0.39, 0.29) is 0 Å². The first-order valence-electron chi connectivity index (χ1n) is 9.98. The molecular formula is C23H23NO7S2. The molecule has 0 saturated heterocycles. The fourth-order valence-electron chi connectivity index (χ4n) is 3.24. The van der Waals surface area contributed by atoms with Crippen LogP contribution in [0.2, 0.25) is 0 Å². The Kier molecular flexibility index (Phi) is 8.61. The van der Waals surface area contributed by atoms with Gasteiger partial charge in [0.15, 0.2) is 11.5 Å². The summed E-state index contributed by atoms with van der Waals surface area (Å²) in [4.78, 5) is 19.0. The third kappa shape index (κ3) is 6.90. The van der Waals surface area contributed by atoms with Gasteiger partial charge in [0.05, 0.1) is 12.5 Å². The number of aliphatic carboxylic acids is 2. The monoisotopic (exact) mass is 489 g/mol. The van der Waals surface area contributed by atoms with Gasteiger partial charge in [-0.05, 0) is 69.1 Å². The van der Waals surface area contributed by atoms with Crippen molar-refractivity contribution in [3.05, 3.63) is 80.7 Å². The van der Waals surface area contributed by atoms with Crippen LogP contribution in [-0.2, 0) is 21.7 Å². The van der Waals surface area contributed by atoms with Crippen LogP contribution in [0, 0.1) is 0 Å². The number of carbonyl (C=O) groups is 2. The summed E-state index contributed by atoms with van der Waals surface area (Å²) < 4.78 is 10.8. The molecule has 0 spiro atoms. The van der Waals surface area contributed by atoms with Crippen LogP contribution in [0.5, 0.6) is 11.5 Å². The van der Waals surface area contributed by atoms with Crippen molar-refractivity contribution in [2.45, 2.75) is 18.6 Å².